The van der Waals surface area contributed by atoms with E-state index in [0.29, 0.717) is 11.6 Å². The lowest BCUT2D eigenvalue weighted by atomic mass is 10.1. The van der Waals surface area contributed by atoms with Crippen LogP contribution in [0.15, 0.2) is 48.5 Å². The number of aryl methyl sites for hydroxylation is 1. The Morgan fingerprint density at radius 1 is 1.12 bits per heavy atom. The molecule has 1 heterocycles. The molecule has 120 valence electrons. The van der Waals surface area contributed by atoms with Crippen molar-refractivity contribution in [3.8, 4) is 11.3 Å². The molecule has 3 aromatic rings. The fourth-order valence-corrected chi connectivity index (χ4v) is 4.07. The summed E-state index contributed by atoms with van der Waals surface area (Å²) in [7, 11) is 0. The second kappa shape index (κ2) is 6.21. The van der Waals surface area contributed by atoms with Gasteiger partial charge in [0.15, 0.2) is 5.13 Å². The molecule has 1 aliphatic carbocycles. The Bertz CT molecular complexity index is 896. The minimum Gasteiger partial charge on any atom is -0.302 e. The first kappa shape index (κ1) is 15.1. The number of carbonyl (C=O) groups is 1. The van der Waals surface area contributed by atoms with Crippen molar-refractivity contribution in [1.29, 1.82) is 0 Å². The maximum absolute atomic E-state index is 12.3. The zero-order chi connectivity index (χ0) is 16.5. The molecule has 0 bridgehead atoms. The Labute approximate surface area is 145 Å². The van der Waals surface area contributed by atoms with Crippen molar-refractivity contribution in [2.45, 2.75) is 26.2 Å². The number of aromatic nitrogens is 1. The third-order valence-electron chi connectivity index (χ3n) is 4.36. The van der Waals surface area contributed by atoms with E-state index in [1.54, 1.807) is 11.3 Å². The number of hydrogen-bond acceptors (Lipinski definition) is 3. The highest BCUT2D eigenvalue weighted by Crippen LogP contribution is 2.40. The van der Waals surface area contributed by atoms with Gasteiger partial charge in [-0.05, 0) is 23.1 Å². The second-order valence-electron chi connectivity index (χ2n) is 6.02. The summed E-state index contributed by atoms with van der Waals surface area (Å²) in [4.78, 5) is 18.1. The van der Waals surface area contributed by atoms with Gasteiger partial charge in [0.25, 0.3) is 0 Å². The number of amides is 1. The molecule has 0 aliphatic heterocycles. The van der Waals surface area contributed by atoms with Gasteiger partial charge in [0.1, 0.15) is 0 Å². The average molecular weight is 334 g/mol. The van der Waals surface area contributed by atoms with Crippen LogP contribution >= 0.6 is 11.3 Å². The molecule has 4 rings (SSSR count). The zero-order valence-electron chi connectivity index (χ0n) is 13.5. The third-order valence-corrected chi connectivity index (χ3v) is 5.33. The summed E-state index contributed by atoms with van der Waals surface area (Å²) in [5.41, 5.74) is 5.85. The van der Waals surface area contributed by atoms with Gasteiger partial charge in [-0.1, -0.05) is 55.5 Å². The Hall–Kier alpha value is -2.46. The topological polar surface area (TPSA) is 42.0 Å². The minimum absolute atomic E-state index is 0.0139. The van der Waals surface area contributed by atoms with Gasteiger partial charge in [-0.15, -0.1) is 11.3 Å². The number of nitrogens with zero attached hydrogens (tertiary/aromatic N) is 1. The van der Waals surface area contributed by atoms with Crippen LogP contribution in [0.3, 0.4) is 0 Å². The van der Waals surface area contributed by atoms with Gasteiger partial charge in [-0.25, -0.2) is 4.98 Å². The van der Waals surface area contributed by atoms with Crippen LogP contribution in [0.2, 0.25) is 0 Å². The van der Waals surface area contributed by atoms with Crippen molar-refractivity contribution in [2.24, 2.45) is 0 Å². The number of nitrogens with one attached hydrogen (secondary N) is 1. The molecule has 0 fully saturated rings. The first-order valence-electron chi connectivity index (χ1n) is 8.18. The number of carbonyl (C=O) groups excluding carboxylic acids is 1. The minimum atomic E-state index is -0.0139. The van der Waals surface area contributed by atoms with Gasteiger partial charge in [-0.3, -0.25) is 4.79 Å². The Balaban J connectivity index is 1.46. The van der Waals surface area contributed by atoms with E-state index in [2.05, 4.69) is 47.6 Å². The summed E-state index contributed by atoms with van der Waals surface area (Å²) in [5.74, 6) is -0.0139. The van der Waals surface area contributed by atoms with Gasteiger partial charge in [0.2, 0.25) is 5.91 Å². The van der Waals surface area contributed by atoms with E-state index >= 15 is 0 Å². The number of hydrogen-bond donors (Lipinski definition) is 1. The summed E-state index contributed by atoms with van der Waals surface area (Å²) in [5, 5.41) is 3.65. The van der Waals surface area contributed by atoms with Gasteiger partial charge >= 0.3 is 0 Å². The molecule has 1 aromatic heterocycles. The first-order valence-corrected chi connectivity index (χ1v) is 9.00. The van der Waals surface area contributed by atoms with Crippen molar-refractivity contribution < 1.29 is 4.79 Å². The molecule has 3 nitrogen and oxygen atoms in total. The van der Waals surface area contributed by atoms with Crippen molar-refractivity contribution in [3.63, 3.8) is 0 Å². The first-order chi connectivity index (χ1) is 11.7. The van der Waals surface area contributed by atoms with Crippen LogP contribution in [0.5, 0.6) is 0 Å². The summed E-state index contributed by atoms with van der Waals surface area (Å²) in [6, 6.07) is 16.5. The van der Waals surface area contributed by atoms with Crippen LogP contribution in [0, 0.1) is 0 Å². The van der Waals surface area contributed by atoms with Gasteiger partial charge in [0, 0.05) is 16.9 Å². The monoisotopic (exact) mass is 334 g/mol. The van der Waals surface area contributed by atoms with E-state index in [4.69, 9.17) is 0 Å². The molecule has 1 N–H and O–H groups in total. The molecule has 24 heavy (non-hydrogen) atoms. The molecule has 4 heteroatoms. The maximum Gasteiger partial charge on any atom is 0.230 e. The lowest BCUT2D eigenvalue weighted by Gasteiger charge is -2.04. The number of benzene rings is 2. The quantitative estimate of drug-likeness (QED) is 0.599. The van der Waals surface area contributed by atoms with Crippen LogP contribution in [0.4, 0.5) is 5.13 Å². The van der Waals surface area contributed by atoms with Crippen molar-refractivity contribution in [3.05, 3.63) is 70.1 Å². The van der Waals surface area contributed by atoms with Gasteiger partial charge in [-0.2, -0.15) is 0 Å². The molecular weight excluding hydrogens is 316 g/mol. The highest BCUT2D eigenvalue weighted by atomic mass is 32.1. The van der Waals surface area contributed by atoms with Crippen molar-refractivity contribution >= 4 is 22.4 Å². The Kier molecular flexibility index (Phi) is 3.90. The molecule has 0 unspecified atom stereocenters. The Morgan fingerprint density at radius 3 is 2.67 bits per heavy atom. The molecule has 2 aromatic carbocycles. The SMILES string of the molecule is CCc1ccc(CC(=O)Nc2nc3c(s2)Cc2ccccc2-3)cc1. The highest BCUT2D eigenvalue weighted by molar-refractivity contribution is 7.16. The number of thiazole rings is 1. The van der Waals surface area contributed by atoms with Gasteiger partial charge in [0.05, 0.1) is 12.1 Å². The predicted molar refractivity (Wildman–Crippen MR) is 98.5 cm³/mol. The van der Waals surface area contributed by atoms with Crippen molar-refractivity contribution in [2.75, 3.05) is 5.32 Å². The van der Waals surface area contributed by atoms with E-state index in [-0.39, 0.29) is 5.91 Å². The molecule has 0 saturated heterocycles. The van der Waals surface area contributed by atoms with Crippen LogP contribution in [-0.2, 0) is 24.1 Å². The predicted octanol–water partition coefficient (Wildman–Crippen LogP) is 4.46. The van der Waals surface area contributed by atoms with Crippen molar-refractivity contribution in [1.82, 2.24) is 4.98 Å². The molecule has 1 amide bonds. The summed E-state index contributed by atoms with van der Waals surface area (Å²) in [6.07, 6.45) is 2.31. The van der Waals surface area contributed by atoms with Crippen LogP contribution in [-0.4, -0.2) is 10.9 Å². The summed E-state index contributed by atoms with van der Waals surface area (Å²) >= 11 is 1.58. The third kappa shape index (κ3) is 2.85. The molecule has 0 saturated carbocycles. The standard InChI is InChI=1S/C20H18N2OS/c1-2-13-7-9-14(10-8-13)11-18(23)21-20-22-19-16-6-4-3-5-15(16)12-17(19)24-20/h3-10H,2,11-12H2,1H3,(H,21,22,23). The maximum atomic E-state index is 12.3. The number of fused-ring (bicyclic) bond motifs is 3. The van der Waals surface area contributed by atoms with Crippen LogP contribution in [0.25, 0.3) is 11.3 Å². The van der Waals surface area contributed by atoms with Crippen LogP contribution in [0.1, 0.15) is 28.5 Å². The molecule has 0 spiro atoms. The molecule has 0 atom stereocenters. The molecule has 0 radical (unpaired) electrons. The number of rotatable bonds is 4. The molecule has 1 aliphatic rings. The smallest absolute Gasteiger partial charge is 0.230 e. The summed E-state index contributed by atoms with van der Waals surface area (Å²) < 4.78 is 0. The second-order valence-corrected chi connectivity index (χ2v) is 7.10. The highest BCUT2D eigenvalue weighted by Gasteiger charge is 2.23. The lowest BCUT2D eigenvalue weighted by molar-refractivity contribution is -0.115. The number of anilines is 1. The fraction of sp³-hybridized carbons (Fsp3) is 0.200. The fourth-order valence-electron chi connectivity index (χ4n) is 3.06. The van der Waals surface area contributed by atoms with E-state index < -0.39 is 0 Å². The van der Waals surface area contributed by atoms with E-state index in [1.165, 1.54) is 21.6 Å². The largest absolute Gasteiger partial charge is 0.302 e. The van der Waals surface area contributed by atoms with Gasteiger partial charge < -0.3 is 5.32 Å². The normalized spacial score (nSPS) is 11.9. The zero-order valence-corrected chi connectivity index (χ0v) is 14.3. The van der Waals surface area contributed by atoms with E-state index in [1.807, 2.05) is 18.2 Å². The Morgan fingerprint density at radius 2 is 1.88 bits per heavy atom. The lowest BCUT2D eigenvalue weighted by Crippen LogP contribution is -2.14. The molecular formula is C20H18N2OS. The van der Waals surface area contributed by atoms with E-state index in [9.17, 15) is 4.79 Å². The van der Waals surface area contributed by atoms with Crippen LogP contribution < -0.4 is 5.32 Å². The summed E-state index contributed by atoms with van der Waals surface area (Å²) in [6.45, 7) is 2.13. The van der Waals surface area contributed by atoms with E-state index in [0.717, 1.165) is 24.1 Å². The average Bonchev–Trinajstić information content (AvgIpc) is 3.12.